The highest BCUT2D eigenvalue weighted by Gasteiger charge is 2.15. The zero-order valence-electron chi connectivity index (χ0n) is 16.3. The number of benzene rings is 3. The molecule has 0 bridgehead atoms. The Morgan fingerprint density at radius 2 is 1.71 bits per heavy atom. The Bertz CT molecular complexity index is 1410. The van der Waals surface area contributed by atoms with Gasteiger partial charge in [-0.05, 0) is 42.0 Å². The molecule has 5 rings (SSSR count). The Hall–Kier alpha value is -3.15. The lowest BCUT2D eigenvalue weighted by Crippen LogP contribution is -2.13. The van der Waals surface area contributed by atoms with E-state index in [1.807, 2.05) is 60.7 Å². The number of pyridine rings is 1. The number of hydrogen-bond donors (Lipinski definition) is 2. The molecule has 0 radical (unpaired) electrons. The molecule has 31 heavy (non-hydrogen) atoms. The largest absolute Gasteiger partial charge is 0.353 e. The Morgan fingerprint density at radius 1 is 0.968 bits per heavy atom. The zero-order valence-corrected chi connectivity index (χ0v) is 18.7. The normalized spacial score (nSPS) is 11.2. The number of nitrogens with one attached hydrogen (secondary N) is 2. The van der Waals surface area contributed by atoms with Crippen molar-refractivity contribution in [2.45, 2.75) is 5.88 Å². The number of carbonyl (C=O) groups is 1. The molecule has 3 aromatic carbocycles. The molecule has 2 heterocycles. The first-order valence-electron chi connectivity index (χ1n) is 9.76. The second-order valence-corrected chi connectivity index (χ2v) is 8.42. The van der Waals surface area contributed by atoms with Crippen LogP contribution in [0.1, 0.15) is 15.9 Å². The predicted molar refractivity (Wildman–Crippen MR) is 131 cm³/mol. The number of aromatic amines is 1. The molecule has 1 amide bonds. The Morgan fingerprint density at radius 3 is 2.45 bits per heavy atom. The number of para-hydroxylation sites is 1. The molecule has 0 unspecified atom stereocenters. The van der Waals surface area contributed by atoms with Crippen molar-refractivity contribution in [2.24, 2.45) is 0 Å². The number of fused-ring (bicyclic) bond motifs is 3. The molecule has 5 aromatic rings. The molecule has 0 saturated carbocycles. The van der Waals surface area contributed by atoms with Gasteiger partial charge in [0, 0.05) is 37.8 Å². The number of rotatable bonds is 4. The predicted octanol–water partition coefficient (Wildman–Crippen LogP) is 7.14. The van der Waals surface area contributed by atoms with Gasteiger partial charge in [-0.1, -0.05) is 58.4 Å². The van der Waals surface area contributed by atoms with Crippen LogP contribution in [0.25, 0.3) is 33.1 Å². The SMILES string of the molecule is O=C(Nc1cc2c([nH]c3ccccc32)c(-c2ccc(Br)cc2)n1)c1ccc(CCl)cc1. The monoisotopic (exact) mass is 489 g/mol. The molecule has 0 spiro atoms. The lowest BCUT2D eigenvalue weighted by Gasteiger charge is -2.09. The van der Waals surface area contributed by atoms with E-state index in [2.05, 4.69) is 32.3 Å². The van der Waals surface area contributed by atoms with Crippen LogP contribution in [0.2, 0.25) is 0 Å². The number of halogens is 2. The van der Waals surface area contributed by atoms with Crippen LogP contribution in [-0.4, -0.2) is 15.9 Å². The third-order valence-electron chi connectivity index (χ3n) is 5.23. The topological polar surface area (TPSA) is 57.8 Å². The number of anilines is 1. The molecule has 4 nitrogen and oxygen atoms in total. The molecule has 0 aliphatic heterocycles. The minimum atomic E-state index is -0.213. The molecule has 2 aromatic heterocycles. The third kappa shape index (κ3) is 3.82. The van der Waals surface area contributed by atoms with Crippen LogP contribution >= 0.6 is 27.5 Å². The van der Waals surface area contributed by atoms with Gasteiger partial charge in [0.25, 0.3) is 5.91 Å². The van der Waals surface area contributed by atoms with E-state index in [-0.39, 0.29) is 5.91 Å². The van der Waals surface area contributed by atoms with Gasteiger partial charge in [-0.3, -0.25) is 4.79 Å². The molecule has 0 saturated heterocycles. The summed E-state index contributed by atoms with van der Waals surface area (Å²) < 4.78 is 0.994. The van der Waals surface area contributed by atoms with Crippen molar-refractivity contribution in [3.63, 3.8) is 0 Å². The summed E-state index contributed by atoms with van der Waals surface area (Å²) in [5.41, 5.74) is 5.23. The highest BCUT2D eigenvalue weighted by Crippen LogP contribution is 2.34. The first-order valence-corrected chi connectivity index (χ1v) is 11.1. The minimum absolute atomic E-state index is 0.213. The average Bonchev–Trinajstić information content (AvgIpc) is 3.18. The molecule has 0 atom stereocenters. The Balaban J connectivity index is 1.63. The summed E-state index contributed by atoms with van der Waals surface area (Å²) in [5, 5.41) is 5.05. The van der Waals surface area contributed by atoms with Crippen LogP contribution in [0.3, 0.4) is 0 Å². The summed E-state index contributed by atoms with van der Waals surface area (Å²) in [4.78, 5) is 21.1. The fourth-order valence-corrected chi connectivity index (χ4v) is 4.10. The number of hydrogen-bond acceptors (Lipinski definition) is 2. The van der Waals surface area contributed by atoms with Crippen molar-refractivity contribution in [3.8, 4) is 11.3 Å². The van der Waals surface area contributed by atoms with E-state index in [1.165, 1.54) is 0 Å². The van der Waals surface area contributed by atoms with Gasteiger partial charge < -0.3 is 10.3 Å². The average molecular weight is 491 g/mol. The molecule has 2 N–H and O–H groups in total. The number of H-pyrrole nitrogens is 1. The van der Waals surface area contributed by atoms with Crippen molar-refractivity contribution in [3.05, 3.63) is 94.5 Å². The van der Waals surface area contributed by atoms with Gasteiger partial charge in [-0.25, -0.2) is 4.98 Å². The second kappa shape index (κ2) is 8.17. The van der Waals surface area contributed by atoms with Gasteiger partial charge in [0.15, 0.2) is 0 Å². The summed E-state index contributed by atoms with van der Waals surface area (Å²) in [6, 6.07) is 25.3. The number of alkyl halides is 1. The van der Waals surface area contributed by atoms with Gasteiger partial charge in [0.05, 0.1) is 11.2 Å². The Kier molecular flexibility index (Phi) is 5.22. The van der Waals surface area contributed by atoms with Gasteiger partial charge in [-0.2, -0.15) is 0 Å². The lowest BCUT2D eigenvalue weighted by molar-refractivity contribution is 0.102. The van der Waals surface area contributed by atoms with Gasteiger partial charge in [0.1, 0.15) is 5.82 Å². The number of amides is 1. The van der Waals surface area contributed by atoms with Crippen LogP contribution in [0.15, 0.2) is 83.3 Å². The first kappa shape index (κ1) is 19.8. The van der Waals surface area contributed by atoms with Gasteiger partial charge in [-0.15, -0.1) is 11.6 Å². The second-order valence-electron chi connectivity index (χ2n) is 7.24. The smallest absolute Gasteiger partial charge is 0.256 e. The van der Waals surface area contributed by atoms with Gasteiger partial charge in [0.2, 0.25) is 0 Å². The van der Waals surface area contributed by atoms with Crippen LogP contribution in [-0.2, 0) is 5.88 Å². The van der Waals surface area contributed by atoms with Crippen molar-refractivity contribution in [2.75, 3.05) is 5.32 Å². The summed E-state index contributed by atoms with van der Waals surface area (Å²) in [7, 11) is 0. The van der Waals surface area contributed by atoms with E-state index >= 15 is 0 Å². The lowest BCUT2D eigenvalue weighted by atomic mass is 10.1. The highest BCUT2D eigenvalue weighted by molar-refractivity contribution is 9.10. The summed E-state index contributed by atoms with van der Waals surface area (Å²) in [5.74, 6) is 0.702. The summed E-state index contributed by atoms with van der Waals surface area (Å²) in [6.07, 6.45) is 0. The molecular formula is C25H17BrClN3O. The van der Waals surface area contributed by atoms with Crippen LogP contribution < -0.4 is 5.32 Å². The van der Waals surface area contributed by atoms with Crippen LogP contribution in [0.4, 0.5) is 5.82 Å². The molecule has 0 aliphatic rings. The maximum Gasteiger partial charge on any atom is 0.256 e. The molecular weight excluding hydrogens is 474 g/mol. The van der Waals surface area contributed by atoms with E-state index in [0.717, 1.165) is 43.1 Å². The highest BCUT2D eigenvalue weighted by atomic mass is 79.9. The Labute approximate surface area is 192 Å². The maximum atomic E-state index is 12.8. The molecule has 6 heteroatoms. The van der Waals surface area contributed by atoms with Crippen molar-refractivity contribution < 1.29 is 4.79 Å². The third-order valence-corrected chi connectivity index (χ3v) is 6.06. The summed E-state index contributed by atoms with van der Waals surface area (Å²) in [6.45, 7) is 0. The van der Waals surface area contributed by atoms with Crippen molar-refractivity contribution in [1.82, 2.24) is 9.97 Å². The number of aromatic nitrogens is 2. The van der Waals surface area contributed by atoms with E-state index in [4.69, 9.17) is 16.6 Å². The fraction of sp³-hybridized carbons (Fsp3) is 0.0400. The van der Waals surface area contributed by atoms with Crippen LogP contribution in [0.5, 0.6) is 0 Å². The maximum absolute atomic E-state index is 12.8. The quantitative estimate of drug-likeness (QED) is 0.263. The van der Waals surface area contributed by atoms with E-state index in [9.17, 15) is 4.79 Å². The van der Waals surface area contributed by atoms with E-state index in [0.29, 0.717) is 17.3 Å². The zero-order chi connectivity index (χ0) is 21.4. The van der Waals surface area contributed by atoms with E-state index in [1.54, 1.807) is 12.1 Å². The van der Waals surface area contributed by atoms with Crippen molar-refractivity contribution in [1.29, 1.82) is 0 Å². The van der Waals surface area contributed by atoms with Crippen LogP contribution in [0, 0.1) is 0 Å². The standard InChI is InChI=1S/C25H17BrClN3O/c26-18-11-9-16(10-12-18)23-24-20(19-3-1-2-4-21(19)28-24)13-22(29-23)30-25(31)17-7-5-15(14-27)6-8-17/h1-13,28H,14H2,(H,29,30,31). The summed E-state index contributed by atoms with van der Waals surface area (Å²) >= 11 is 9.34. The molecule has 0 aliphatic carbocycles. The molecule has 0 fully saturated rings. The minimum Gasteiger partial charge on any atom is -0.353 e. The number of carbonyl (C=O) groups excluding carboxylic acids is 1. The molecule has 152 valence electrons. The van der Waals surface area contributed by atoms with E-state index < -0.39 is 0 Å². The number of nitrogens with zero attached hydrogens (tertiary/aromatic N) is 1. The van der Waals surface area contributed by atoms with Crippen molar-refractivity contribution >= 4 is 61.1 Å². The fourth-order valence-electron chi connectivity index (χ4n) is 3.66. The first-order chi connectivity index (χ1) is 15.1. The van der Waals surface area contributed by atoms with Gasteiger partial charge >= 0.3 is 0 Å².